The van der Waals surface area contributed by atoms with E-state index >= 15 is 0 Å². The Hall–Kier alpha value is -2.24. The summed E-state index contributed by atoms with van der Waals surface area (Å²) in [5.41, 5.74) is 0. The van der Waals surface area contributed by atoms with Crippen LogP contribution in [-0.2, 0) is 19.2 Å². The lowest BCUT2D eigenvalue weighted by Gasteiger charge is -2.25. The second-order valence-corrected chi connectivity index (χ2v) is 5.05. The third-order valence-electron chi connectivity index (χ3n) is 2.97. The van der Waals surface area contributed by atoms with Gasteiger partial charge in [-0.1, -0.05) is 0 Å². The number of carboxylic acid groups (broad SMARTS) is 4. The molecule has 0 spiro atoms. The maximum Gasteiger partial charge on any atom is 0.317 e. The first-order valence-electron chi connectivity index (χ1n) is 7.23. The molecular formula is C13H23N3O8. The van der Waals surface area contributed by atoms with Crippen LogP contribution in [0, 0.1) is 0 Å². The highest BCUT2D eigenvalue weighted by molar-refractivity contribution is 5.72. The first-order valence-corrected chi connectivity index (χ1v) is 7.23. The molecule has 11 nitrogen and oxygen atoms in total. The summed E-state index contributed by atoms with van der Waals surface area (Å²) in [6.07, 6.45) is -0.128. The van der Waals surface area contributed by atoms with E-state index < -0.39 is 37.0 Å². The number of hydrogen-bond donors (Lipinski definition) is 5. The van der Waals surface area contributed by atoms with Gasteiger partial charge in [-0.25, -0.2) is 0 Å². The molecule has 5 N–H and O–H groups in total. The Morgan fingerprint density at radius 1 is 0.667 bits per heavy atom. The van der Waals surface area contributed by atoms with Gasteiger partial charge in [0.15, 0.2) is 0 Å². The van der Waals surface area contributed by atoms with Crippen molar-refractivity contribution in [1.29, 1.82) is 0 Å². The molecule has 0 bridgehead atoms. The van der Waals surface area contributed by atoms with Crippen LogP contribution >= 0.6 is 0 Å². The van der Waals surface area contributed by atoms with E-state index in [1.807, 2.05) is 0 Å². The molecule has 11 heteroatoms. The molecule has 0 aromatic rings. The van der Waals surface area contributed by atoms with Gasteiger partial charge >= 0.3 is 23.9 Å². The van der Waals surface area contributed by atoms with Crippen LogP contribution in [0.5, 0.6) is 0 Å². The number of carboxylic acids is 4. The Labute approximate surface area is 138 Å². The van der Waals surface area contributed by atoms with Crippen LogP contribution in [0.15, 0.2) is 0 Å². The summed E-state index contributed by atoms with van der Waals surface area (Å²) in [5, 5.41) is 37.5. The van der Waals surface area contributed by atoms with Gasteiger partial charge in [0.05, 0.1) is 26.1 Å². The van der Waals surface area contributed by atoms with Crippen molar-refractivity contribution in [1.82, 2.24) is 15.1 Å². The molecule has 0 saturated heterocycles. The number of nitrogens with one attached hydrogen (secondary N) is 1. The summed E-state index contributed by atoms with van der Waals surface area (Å²) in [6, 6.07) is 0. The third kappa shape index (κ3) is 13.4. The molecule has 0 aromatic carbocycles. The molecule has 24 heavy (non-hydrogen) atoms. The Bertz CT molecular complexity index is 427. The smallest absolute Gasteiger partial charge is 0.317 e. The second-order valence-electron chi connectivity index (χ2n) is 5.05. The van der Waals surface area contributed by atoms with Crippen molar-refractivity contribution in [3.8, 4) is 0 Å². The van der Waals surface area contributed by atoms with Gasteiger partial charge in [-0.05, 0) is 0 Å². The van der Waals surface area contributed by atoms with E-state index in [2.05, 4.69) is 5.32 Å². The molecule has 0 radical (unpaired) electrons. The Morgan fingerprint density at radius 2 is 1.21 bits per heavy atom. The number of hydrogen-bond acceptors (Lipinski definition) is 7. The average molecular weight is 349 g/mol. The van der Waals surface area contributed by atoms with E-state index in [4.69, 9.17) is 20.4 Å². The van der Waals surface area contributed by atoms with Crippen molar-refractivity contribution in [3.63, 3.8) is 0 Å². The Balaban J connectivity index is 4.45. The SMILES string of the molecule is O=C(O)CCN(CCNCC(=O)O)CCN(CC(=O)O)CC(=O)O. The van der Waals surface area contributed by atoms with E-state index in [0.29, 0.717) is 13.1 Å². The van der Waals surface area contributed by atoms with Gasteiger partial charge in [-0.15, -0.1) is 0 Å². The summed E-state index contributed by atoms with van der Waals surface area (Å²) >= 11 is 0. The monoisotopic (exact) mass is 349 g/mol. The van der Waals surface area contributed by atoms with Crippen molar-refractivity contribution in [2.24, 2.45) is 0 Å². The Morgan fingerprint density at radius 3 is 1.67 bits per heavy atom. The second kappa shape index (κ2) is 12.2. The number of nitrogens with zero attached hydrogens (tertiary/aromatic N) is 2. The minimum atomic E-state index is -1.16. The van der Waals surface area contributed by atoms with Gasteiger partial charge in [0, 0.05) is 32.7 Å². The van der Waals surface area contributed by atoms with Crippen LogP contribution in [0.4, 0.5) is 0 Å². The summed E-state index contributed by atoms with van der Waals surface area (Å²) in [6.45, 7) is 0.166. The molecule has 0 saturated carbocycles. The highest BCUT2D eigenvalue weighted by Gasteiger charge is 2.15. The van der Waals surface area contributed by atoms with Gasteiger partial charge < -0.3 is 30.6 Å². The van der Waals surface area contributed by atoms with Gasteiger partial charge in [-0.2, -0.15) is 0 Å². The molecule has 0 aliphatic heterocycles. The molecular weight excluding hydrogens is 326 g/mol. The van der Waals surface area contributed by atoms with Crippen molar-refractivity contribution in [2.45, 2.75) is 6.42 Å². The van der Waals surface area contributed by atoms with Crippen LogP contribution in [-0.4, -0.2) is 106 Å². The molecule has 0 aliphatic carbocycles. The van der Waals surface area contributed by atoms with E-state index in [9.17, 15) is 19.2 Å². The molecule has 0 amide bonds. The summed E-state index contributed by atoms with van der Waals surface area (Å²) in [5.74, 6) is -4.32. The third-order valence-corrected chi connectivity index (χ3v) is 2.97. The van der Waals surface area contributed by atoms with E-state index in [1.54, 1.807) is 4.90 Å². The number of aliphatic carboxylic acids is 4. The van der Waals surface area contributed by atoms with Gasteiger partial charge in [-0.3, -0.25) is 24.1 Å². The molecule has 0 atom stereocenters. The fourth-order valence-electron chi connectivity index (χ4n) is 1.90. The maximum absolute atomic E-state index is 10.7. The number of carbonyl (C=O) groups is 4. The summed E-state index contributed by atoms with van der Waals surface area (Å²) in [4.78, 5) is 45.5. The van der Waals surface area contributed by atoms with Gasteiger partial charge in [0.2, 0.25) is 0 Å². The van der Waals surface area contributed by atoms with E-state index in [0.717, 1.165) is 0 Å². The molecule has 0 aliphatic rings. The van der Waals surface area contributed by atoms with Gasteiger partial charge in [0.1, 0.15) is 0 Å². The average Bonchev–Trinajstić information content (AvgIpc) is 2.43. The summed E-state index contributed by atoms with van der Waals surface area (Å²) in [7, 11) is 0. The lowest BCUT2D eigenvalue weighted by Crippen LogP contribution is -2.43. The van der Waals surface area contributed by atoms with Crippen molar-refractivity contribution >= 4 is 23.9 Å². The summed E-state index contributed by atoms with van der Waals surface area (Å²) < 4.78 is 0. The standard InChI is InChI=1S/C13H23N3O8/c17-10(18)1-3-15(4-2-14-7-11(19)20)5-6-16(8-12(21)22)9-13(23)24/h14H,1-9H2,(H,17,18)(H,19,20)(H,21,22)(H,23,24). The predicted octanol–water partition coefficient (Wildman–Crippen LogP) is -2.09. The molecule has 0 rings (SSSR count). The molecule has 0 heterocycles. The van der Waals surface area contributed by atoms with Crippen molar-refractivity contribution in [3.05, 3.63) is 0 Å². The van der Waals surface area contributed by atoms with Crippen molar-refractivity contribution in [2.75, 3.05) is 52.4 Å². The minimum absolute atomic E-state index is 0.128. The zero-order valence-electron chi connectivity index (χ0n) is 13.2. The van der Waals surface area contributed by atoms with Crippen LogP contribution < -0.4 is 5.32 Å². The highest BCUT2D eigenvalue weighted by Crippen LogP contribution is 1.96. The fourth-order valence-corrected chi connectivity index (χ4v) is 1.90. The quantitative estimate of drug-likeness (QED) is 0.205. The maximum atomic E-state index is 10.7. The number of rotatable bonds is 15. The van der Waals surface area contributed by atoms with Crippen LogP contribution in [0.2, 0.25) is 0 Å². The van der Waals surface area contributed by atoms with Gasteiger partial charge in [0.25, 0.3) is 0 Å². The van der Waals surface area contributed by atoms with Crippen LogP contribution in [0.3, 0.4) is 0 Å². The first kappa shape index (κ1) is 21.8. The molecule has 0 aromatic heterocycles. The lowest BCUT2D eigenvalue weighted by molar-refractivity contribution is -0.142. The first-order chi connectivity index (χ1) is 11.2. The minimum Gasteiger partial charge on any atom is -0.481 e. The van der Waals surface area contributed by atoms with Crippen LogP contribution in [0.1, 0.15) is 6.42 Å². The van der Waals surface area contributed by atoms with Crippen molar-refractivity contribution < 1.29 is 39.6 Å². The molecule has 0 unspecified atom stereocenters. The van der Waals surface area contributed by atoms with E-state index in [1.165, 1.54) is 4.90 Å². The topological polar surface area (TPSA) is 168 Å². The molecule has 138 valence electrons. The van der Waals surface area contributed by atoms with Crippen LogP contribution in [0.25, 0.3) is 0 Å². The zero-order chi connectivity index (χ0) is 18.5. The predicted molar refractivity (Wildman–Crippen MR) is 80.9 cm³/mol. The van der Waals surface area contributed by atoms with E-state index in [-0.39, 0.29) is 32.6 Å². The largest absolute Gasteiger partial charge is 0.481 e. The fraction of sp³-hybridized carbons (Fsp3) is 0.692. The Kier molecular flexibility index (Phi) is 11.1. The zero-order valence-corrected chi connectivity index (χ0v) is 13.2. The lowest BCUT2D eigenvalue weighted by atomic mass is 10.3. The normalized spacial score (nSPS) is 10.9. The molecule has 0 fully saturated rings. The highest BCUT2D eigenvalue weighted by atomic mass is 16.4.